The van der Waals surface area contributed by atoms with Crippen LogP contribution in [0, 0.1) is 18.8 Å². The minimum atomic E-state index is -1.52. The van der Waals surface area contributed by atoms with Crippen molar-refractivity contribution in [3.8, 4) is 23.5 Å². The lowest BCUT2D eigenvalue weighted by molar-refractivity contribution is -0.122. The van der Waals surface area contributed by atoms with Gasteiger partial charge in [0.15, 0.2) is 5.88 Å². The summed E-state index contributed by atoms with van der Waals surface area (Å²) in [5.41, 5.74) is -1.01. The highest BCUT2D eigenvalue weighted by Crippen LogP contribution is 2.31. The zero-order valence-electron chi connectivity index (χ0n) is 15.1. The number of ether oxygens (including phenoxy) is 1. The second-order valence-corrected chi connectivity index (χ2v) is 7.41. The Morgan fingerprint density at radius 2 is 2.21 bits per heavy atom. The summed E-state index contributed by atoms with van der Waals surface area (Å²) in [6, 6.07) is 4.64. The quantitative estimate of drug-likeness (QED) is 0.462. The van der Waals surface area contributed by atoms with Gasteiger partial charge in [0, 0.05) is 22.3 Å². The first-order valence-corrected chi connectivity index (χ1v) is 9.23. The number of amides is 3. The lowest BCUT2D eigenvalue weighted by atomic mass is 10.0. The van der Waals surface area contributed by atoms with E-state index in [0.29, 0.717) is 16.8 Å². The molecule has 3 amide bonds. The maximum Gasteiger partial charge on any atom is 0.323 e. The van der Waals surface area contributed by atoms with E-state index in [1.165, 1.54) is 15.9 Å². The molecule has 1 aliphatic rings. The van der Waals surface area contributed by atoms with E-state index in [4.69, 9.17) is 4.74 Å². The summed E-state index contributed by atoms with van der Waals surface area (Å²) in [4.78, 5) is 28.6. The summed E-state index contributed by atoms with van der Waals surface area (Å²) in [5.74, 6) is 5.66. The summed E-state index contributed by atoms with van der Waals surface area (Å²) in [6.07, 6.45) is 1.69. The van der Waals surface area contributed by atoms with Crippen LogP contribution in [0.3, 0.4) is 0 Å². The van der Waals surface area contributed by atoms with Gasteiger partial charge in [0.1, 0.15) is 11.4 Å². The number of carbonyl (C=O) groups excluding carboxylic acids is 2. The number of thiazole rings is 1. The molecule has 1 atom stereocenters. The van der Waals surface area contributed by atoms with Gasteiger partial charge < -0.3 is 19.7 Å². The maximum absolute atomic E-state index is 12.5. The van der Waals surface area contributed by atoms with Crippen molar-refractivity contribution in [3.05, 3.63) is 40.5 Å². The van der Waals surface area contributed by atoms with Crippen LogP contribution in [-0.2, 0) is 11.3 Å². The predicted molar refractivity (Wildman–Crippen MR) is 103 cm³/mol. The molecule has 9 heteroatoms. The molecule has 0 bridgehead atoms. The molecular formula is C19H16N4O4S. The number of aromatic nitrogens is 2. The van der Waals surface area contributed by atoms with E-state index in [0.717, 1.165) is 10.4 Å². The highest BCUT2D eigenvalue weighted by molar-refractivity contribution is 7.09. The van der Waals surface area contributed by atoms with Crippen molar-refractivity contribution in [2.75, 3.05) is 7.11 Å². The van der Waals surface area contributed by atoms with Crippen LogP contribution in [0.5, 0.6) is 11.6 Å². The number of nitrogens with one attached hydrogen (secondary N) is 2. The number of urea groups is 1. The Bertz CT molecular complexity index is 1170. The van der Waals surface area contributed by atoms with Crippen molar-refractivity contribution in [1.29, 1.82) is 0 Å². The van der Waals surface area contributed by atoms with Crippen molar-refractivity contribution in [2.45, 2.75) is 19.0 Å². The Morgan fingerprint density at radius 3 is 2.86 bits per heavy atom. The molecule has 2 aromatic heterocycles. The fourth-order valence-electron chi connectivity index (χ4n) is 3.05. The van der Waals surface area contributed by atoms with Gasteiger partial charge in [0.25, 0.3) is 5.91 Å². The Morgan fingerprint density at radius 1 is 1.39 bits per heavy atom. The molecule has 3 N–H and O–H groups in total. The highest BCUT2D eigenvalue weighted by atomic mass is 32.1. The van der Waals surface area contributed by atoms with Gasteiger partial charge in [-0.05, 0) is 31.0 Å². The van der Waals surface area contributed by atoms with E-state index in [-0.39, 0.29) is 12.4 Å². The van der Waals surface area contributed by atoms with Crippen LogP contribution in [0.15, 0.2) is 29.8 Å². The Hall–Kier alpha value is -3.51. The van der Waals surface area contributed by atoms with Crippen molar-refractivity contribution < 1.29 is 19.4 Å². The van der Waals surface area contributed by atoms with Crippen molar-refractivity contribution in [2.24, 2.45) is 0 Å². The number of fused-ring (bicyclic) bond motifs is 1. The third kappa shape index (κ3) is 3.04. The molecule has 0 saturated carbocycles. The maximum atomic E-state index is 12.5. The molecule has 1 fully saturated rings. The summed E-state index contributed by atoms with van der Waals surface area (Å²) in [7, 11) is 1.54. The van der Waals surface area contributed by atoms with E-state index >= 15 is 0 Å². The summed E-state index contributed by atoms with van der Waals surface area (Å²) in [6.45, 7) is 1.79. The number of hydrogen-bond donors (Lipinski definition) is 3. The fraction of sp³-hybridized carbons (Fsp3) is 0.211. The Balaban J connectivity index is 1.76. The van der Waals surface area contributed by atoms with Crippen LogP contribution in [0.2, 0.25) is 0 Å². The van der Waals surface area contributed by atoms with Crippen molar-refractivity contribution in [3.63, 3.8) is 0 Å². The number of aromatic hydroxyl groups is 1. The van der Waals surface area contributed by atoms with Crippen LogP contribution >= 0.6 is 11.3 Å². The summed E-state index contributed by atoms with van der Waals surface area (Å²) in [5, 5.41) is 19.4. The smallest absolute Gasteiger partial charge is 0.323 e. The molecule has 3 aromatic rings. The number of hydrogen-bond acceptors (Lipinski definition) is 6. The molecule has 0 spiro atoms. The number of rotatable bonds is 3. The normalized spacial score (nSPS) is 18.5. The van der Waals surface area contributed by atoms with Gasteiger partial charge >= 0.3 is 6.03 Å². The average Bonchev–Trinajstić information content (AvgIpc) is 3.30. The lowest BCUT2D eigenvalue weighted by Crippen LogP contribution is -2.49. The van der Waals surface area contributed by atoms with Gasteiger partial charge in [-0.3, -0.25) is 10.1 Å². The van der Waals surface area contributed by atoms with Crippen molar-refractivity contribution >= 4 is 34.0 Å². The van der Waals surface area contributed by atoms with Crippen LogP contribution in [0.25, 0.3) is 10.8 Å². The molecule has 0 unspecified atom stereocenters. The molecule has 1 aliphatic heterocycles. The van der Waals surface area contributed by atoms with Crippen LogP contribution in [0.4, 0.5) is 4.79 Å². The number of carbonyl (C=O) groups is 2. The minimum Gasteiger partial charge on any atom is -0.497 e. The third-order valence-corrected chi connectivity index (χ3v) is 5.21. The van der Waals surface area contributed by atoms with E-state index in [1.807, 2.05) is 6.92 Å². The fourth-order valence-corrected chi connectivity index (χ4v) is 3.60. The van der Waals surface area contributed by atoms with Crippen LogP contribution in [0.1, 0.15) is 10.7 Å². The van der Waals surface area contributed by atoms with E-state index < -0.39 is 17.5 Å². The van der Waals surface area contributed by atoms with Gasteiger partial charge in [-0.25, -0.2) is 9.78 Å². The zero-order valence-corrected chi connectivity index (χ0v) is 15.9. The molecule has 1 saturated heterocycles. The van der Waals surface area contributed by atoms with E-state index in [9.17, 15) is 14.7 Å². The highest BCUT2D eigenvalue weighted by Gasteiger charge is 2.46. The molecule has 0 aliphatic carbocycles. The first-order valence-electron chi connectivity index (χ1n) is 8.35. The number of methoxy groups -OCH3 is 1. The monoisotopic (exact) mass is 396 g/mol. The standard InChI is InChI=1S/C19H16N4O4S/c1-11-20-13(9-28-11)5-6-19(17(25)21-18(26)22-19)10-23-8-12-3-4-14(27-2)7-15(12)16(23)24/h3-4,7-9,24H,10H2,1-2H3,(H2,21,22,25,26)/t19-/m1/s1. The molecular weight excluding hydrogens is 380 g/mol. The average molecular weight is 396 g/mol. The number of benzene rings is 1. The van der Waals surface area contributed by atoms with Crippen LogP contribution in [-0.4, -0.2) is 39.2 Å². The molecule has 0 radical (unpaired) electrons. The summed E-state index contributed by atoms with van der Waals surface area (Å²) < 4.78 is 6.67. The Kier molecular flexibility index (Phi) is 4.20. The molecule has 4 rings (SSSR count). The summed E-state index contributed by atoms with van der Waals surface area (Å²) >= 11 is 1.44. The largest absolute Gasteiger partial charge is 0.497 e. The van der Waals surface area contributed by atoms with Crippen LogP contribution < -0.4 is 15.4 Å². The van der Waals surface area contributed by atoms with E-state index in [1.54, 1.807) is 36.9 Å². The minimum absolute atomic E-state index is 0.0477. The topological polar surface area (TPSA) is 105 Å². The Labute approximate surface area is 164 Å². The second kappa shape index (κ2) is 6.58. The third-order valence-electron chi connectivity index (χ3n) is 4.44. The molecule has 1 aromatic carbocycles. The van der Waals surface area contributed by atoms with Gasteiger partial charge in [0.05, 0.1) is 18.7 Å². The van der Waals surface area contributed by atoms with E-state index in [2.05, 4.69) is 27.5 Å². The number of nitrogens with zero attached hydrogens (tertiary/aromatic N) is 2. The number of imide groups is 1. The first-order chi connectivity index (χ1) is 13.4. The van der Waals surface area contributed by atoms with Gasteiger partial charge in [-0.1, -0.05) is 5.92 Å². The van der Waals surface area contributed by atoms with Crippen molar-refractivity contribution in [1.82, 2.24) is 20.2 Å². The predicted octanol–water partition coefficient (Wildman–Crippen LogP) is 1.75. The first kappa shape index (κ1) is 17.9. The molecule has 8 nitrogen and oxygen atoms in total. The molecule has 3 heterocycles. The van der Waals surface area contributed by atoms with Gasteiger partial charge in [-0.15, -0.1) is 11.3 Å². The number of aryl methyl sites for hydroxylation is 1. The van der Waals surface area contributed by atoms with Gasteiger partial charge in [-0.2, -0.15) is 0 Å². The molecule has 28 heavy (non-hydrogen) atoms. The SMILES string of the molecule is COc1ccc2cn(C[C@@]3(C#Cc4csc(C)n4)NC(=O)NC3=O)c(O)c2c1. The molecule has 142 valence electrons. The second-order valence-electron chi connectivity index (χ2n) is 6.35. The van der Waals surface area contributed by atoms with Gasteiger partial charge in [0.2, 0.25) is 5.54 Å². The zero-order chi connectivity index (χ0) is 19.9. The lowest BCUT2D eigenvalue weighted by Gasteiger charge is -2.20.